The van der Waals surface area contributed by atoms with Crippen molar-refractivity contribution in [2.24, 2.45) is 0 Å². The molecule has 19 heavy (non-hydrogen) atoms. The van der Waals surface area contributed by atoms with Gasteiger partial charge < -0.3 is 5.32 Å². The second-order valence-electron chi connectivity index (χ2n) is 4.65. The zero-order valence-corrected chi connectivity index (χ0v) is 13.2. The lowest BCUT2D eigenvalue weighted by Gasteiger charge is -2.16. The molecule has 0 aromatic heterocycles. The second kappa shape index (κ2) is 7.09. The maximum atomic E-state index is 5.91. The zero-order valence-electron chi connectivity index (χ0n) is 10.9. The van der Waals surface area contributed by atoms with Gasteiger partial charge in [-0.2, -0.15) is 0 Å². The van der Waals surface area contributed by atoms with E-state index >= 15 is 0 Å². The summed E-state index contributed by atoms with van der Waals surface area (Å²) in [7, 11) is 2.01. The van der Waals surface area contributed by atoms with E-state index < -0.39 is 0 Å². The Bertz CT molecular complexity index is 460. The Morgan fingerprint density at radius 2 is 1.42 bits per heavy atom. The highest BCUT2D eigenvalue weighted by atomic mass is 79.9. The summed E-state index contributed by atoms with van der Waals surface area (Å²) in [5.74, 6) is 0. The molecule has 0 aliphatic carbocycles. The molecular weight excluding hydrogens is 322 g/mol. The van der Waals surface area contributed by atoms with Gasteiger partial charge in [-0.25, -0.2) is 0 Å². The third-order valence-corrected chi connectivity index (χ3v) is 3.98. The summed E-state index contributed by atoms with van der Waals surface area (Å²) in [5, 5.41) is 4.17. The summed E-state index contributed by atoms with van der Waals surface area (Å²) in [4.78, 5) is 0. The molecule has 0 aliphatic heterocycles. The van der Waals surface area contributed by atoms with E-state index in [-0.39, 0.29) is 0 Å². The Hall–Kier alpha value is -0.830. The van der Waals surface area contributed by atoms with Crippen molar-refractivity contribution in [3.05, 3.63) is 69.2 Å². The lowest BCUT2D eigenvalue weighted by atomic mass is 9.99. The predicted molar refractivity (Wildman–Crippen MR) is 85.8 cm³/mol. The van der Waals surface area contributed by atoms with Gasteiger partial charge in [0.2, 0.25) is 0 Å². The molecule has 3 heteroatoms. The Kier molecular flexibility index (Phi) is 5.44. The van der Waals surface area contributed by atoms with E-state index in [0.717, 1.165) is 22.3 Å². The molecule has 0 bridgehead atoms. The van der Waals surface area contributed by atoms with Crippen LogP contribution in [-0.4, -0.2) is 13.1 Å². The van der Waals surface area contributed by atoms with Crippen molar-refractivity contribution in [2.45, 2.75) is 18.9 Å². The van der Waals surface area contributed by atoms with Crippen molar-refractivity contribution < 1.29 is 0 Å². The highest BCUT2D eigenvalue weighted by Gasteiger charge is 2.08. The first-order valence-electron chi connectivity index (χ1n) is 6.33. The highest BCUT2D eigenvalue weighted by Crippen LogP contribution is 2.15. The van der Waals surface area contributed by atoms with E-state index in [1.54, 1.807) is 0 Å². The van der Waals surface area contributed by atoms with Gasteiger partial charge in [0.1, 0.15) is 0 Å². The molecule has 100 valence electrons. The third-order valence-electron chi connectivity index (χ3n) is 3.20. The van der Waals surface area contributed by atoms with Gasteiger partial charge in [0, 0.05) is 15.5 Å². The van der Waals surface area contributed by atoms with Crippen molar-refractivity contribution in [2.75, 3.05) is 7.05 Å². The fraction of sp³-hybridized carbons (Fsp3) is 0.250. The van der Waals surface area contributed by atoms with E-state index in [4.69, 9.17) is 11.6 Å². The minimum absolute atomic E-state index is 0.433. The average molecular weight is 339 g/mol. The number of rotatable bonds is 5. The van der Waals surface area contributed by atoms with Gasteiger partial charge in [-0.15, -0.1) is 0 Å². The van der Waals surface area contributed by atoms with Crippen LogP contribution in [0.5, 0.6) is 0 Å². The molecule has 1 atom stereocenters. The molecule has 0 saturated carbocycles. The molecular formula is C16H17BrClN. The normalized spacial score (nSPS) is 12.4. The predicted octanol–water partition coefficient (Wildman–Crippen LogP) is 4.48. The second-order valence-corrected chi connectivity index (χ2v) is 6.00. The Morgan fingerprint density at radius 1 is 0.947 bits per heavy atom. The maximum Gasteiger partial charge on any atom is 0.0406 e. The molecule has 2 aromatic carbocycles. The standard InChI is InChI=1S/C16H17BrClN/c1-19-16(10-12-2-6-14(17)7-3-12)11-13-4-8-15(18)9-5-13/h2-9,16,19H,10-11H2,1H3. The molecule has 0 fully saturated rings. The fourth-order valence-corrected chi connectivity index (χ4v) is 2.48. The van der Waals surface area contributed by atoms with Gasteiger partial charge >= 0.3 is 0 Å². The summed E-state index contributed by atoms with van der Waals surface area (Å²) in [6.07, 6.45) is 2.02. The van der Waals surface area contributed by atoms with E-state index in [9.17, 15) is 0 Å². The van der Waals surface area contributed by atoms with Crippen molar-refractivity contribution in [3.63, 3.8) is 0 Å². The lowest BCUT2D eigenvalue weighted by Crippen LogP contribution is -2.29. The summed E-state index contributed by atoms with van der Waals surface area (Å²) in [5.41, 5.74) is 2.65. The molecule has 0 radical (unpaired) electrons. The molecule has 1 nitrogen and oxygen atoms in total. The first kappa shape index (κ1) is 14.6. The minimum Gasteiger partial charge on any atom is -0.316 e. The topological polar surface area (TPSA) is 12.0 Å². The molecule has 0 saturated heterocycles. The van der Waals surface area contributed by atoms with Crippen LogP contribution in [0.25, 0.3) is 0 Å². The molecule has 2 aromatic rings. The number of nitrogens with one attached hydrogen (secondary N) is 1. The van der Waals surface area contributed by atoms with Gasteiger partial charge in [0.25, 0.3) is 0 Å². The Morgan fingerprint density at radius 3 is 1.89 bits per heavy atom. The minimum atomic E-state index is 0.433. The van der Waals surface area contributed by atoms with Crippen LogP contribution in [0.3, 0.4) is 0 Å². The first-order chi connectivity index (χ1) is 9.17. The van der Waals surface area contributed by atoms with E-state index in [1.165, 1.54) is 11.1 Å². The number of hydrogen-bond donors (Lipinski definition) is 1. The maximum absolute atomic E-state index is 5.91. The van der Waals surface area contributed by atoms with Crippen LogP contribution >= 0.6 is 27.5 Å². The summed E-state index contributed by atoms with van der Waals surface area (Å²) in [6.45, 7) is 0. The van der Waals surface area contributed by atoms with Crippen LogP contribution in [0.1, 0.15) is 11.1 Å². The summed E-state index contributed by atoms with van der Waals surface area (Å²) >= 11 is 9.37. The molecule has 0 spiro atoms. The number of likely N-dealkylation sites (N-methyl/N-ethyl adjacent to an activating group) is 1. The van der Waals surface area contributed by atoms with Crippen molar-refractivity contribution >= 4 is 27.5 Å². The van der Waals surface area contributed by atoms with Gasteiger partial charge in [0.15, 0.2) is 0 Å². The summed E-state index contributed by atoms with van der Waals surface area (Å²) in [6, 6.07) is 17.0. The van der Waals surface area contributed by atoms with Gasteiger partial charge in [0.05, 0.1) is 0 Å². The fourth-order valence-electron chi connectivity index (χ4n) is 2.09. The molecule has 1 unspecified atom stereocenters. The third kappa shape index (κ3) is 4.64. The van der Waals surface area contributed by atoms with E-state index in [1.807, 2.05) is 19.2 Å². The van der Waals surface area contributed by atoms with Crippen LogP contribution in [-0.2, 0) is 12.8 Å². The quantitative estimate of drug-likeness (QED) is 0.848. The van der Waals surface area contributed by atoms with Crippen molar-refractivity contribution in [1.82, 2.24) is 5.32 Å². The number of halogens is 2. The van der Waals surface area contributed by atoms with E-state index in [0.29, 0.717) is 6.04 Å². The van der Waals surface area contributed by atoms with Gasteiger partial charge in [-0.3, -0.25) is 0 Å². The first-order valence-corrected chi connectivity index (χ1v) is 7.50. The number of benzene rings is 2. The number of hydrogen-bond acceptors (Lipinski definition) is 1. The van der Waals surface area contributed by atoms with Crippen LogP contribution < -0.4 is 5.32 Å². The monoisotopic (exact) mass is 337 g/mol. The molecule has 0 heterocycles. The largest absolute Gasteiger partial charge is 0.316 e. The molecule has 0 aliphatic rings. The van der Waals surface area contributed by atoms with Crippen molar-refractivity contribution in [3.8, 4) is 0 Å². The van der Waals surface area contributed by atoms with Crippen molar-refractivity contribution in [1.29, 1.82) is 0 Å². The van der Waals surface area contributed by atoms with Gasteiger partial charge in [-0.1, -0.05) is 51.8 Å². The van der Waals surface area contributed by atoms with Gasteiger partial charge in [-0.05, 0) is 55.3 Å². The Labute approximate surface area is 128 Å². The smallest absolute Gasteiger partial charge is 0.0406 e. The molecule has 0 amide bonds. The van der Waals surface area contributed by atoms with Crippen LogP contribution in [0.2, 0.25) is 5.02 Å². The SMILES string of the molecule is CNC(Cc1ccc(Cl)cc1)Cc1ccc(Br)cc1. The summed E-state index contributed by atoms with van der Waals surface area (Å²) < 4.78 is 1.12. The lowest BCUT2D eigenvalue weighted by molar-refractivity contribution is 0.556. The van der Waals surface area contributed by atoms with E-state index in [2.05, 4.69) is 57.6 Å². The van der Waals surface area contributed by atoms with Crippen LogP contribution in [0.15, 0.2) is 53.0 Å². The highest BCUT2D eigenvalue weighted by molar-refractivity contribution is 9.10. The average Bonchev–Trinajstić information content (AvgIpc) is 2.43. The zero-order chi connectivity index (χ0) is 13.7. The molecule has 2 rings (SSSR count). The Balaban J connectivity index is 2.00. The van der Waals surface area contributed by atoms with Crippen LogP contribution in [0.4, 0.5) is 0 Å². The molecule has 1 N–H and O–H groups in total. The van der Waals surface area contributed by atoms with Crippen LogP contribution in [0, 0.1) is 0 Å².